The second kappa shape index (κ2) is 5.46. The first-order valence-electron chi connectivity index (χ1n) is 6.45. The number of aliphatic hydroxyl groups is 1. The van der Waals surface area contributed by atoms with Crippen LogP contribution in [0.2, 0.25) is 0 Å². The molecule has 1 aliphatic heterocycles. The number of hydrogen-bond donors (Lipinski definition) is 1. The summed E-state index contributed by atoms with van der Waals surface area (Å²) in [5.74, 6) is 1.08. The van der Waals surface area contributed by atoms with Crippen LogP contribution >= 0.6 is 0 Å². The third-order valence-corrected chi connectivity index (χ3v) is 3.41. The zero-order chi connectivity index (χ0) is 13.1. The van der Waals surface area contributed by atoms with Crippen molar-refractivity contribution >= 4 is 0 Å². The van der Waals surface area contributed by atoms with E-state index in [4.69, 9.17) is 4.52 Å². The minimum Gasteiger partial charge on any atom is -0.395 e. The van der Waals surface area contributed by atoms with Crippen LogP contribution in [0, 0.1) is 0 Å². The van der Waals surface area contributed by atoms with Crippen LogP contribution in [-0.2, 0) is 6.54 Å². The molecule has 0 saturated carbocycles. The minimum atomic E-state index is 0.182. The Kier molecular flexibility index (Phi) is 3.52. The highest BCUT2D eigenvalue weighted by Gasteiger charge is 2.25. The number of hydrogen-bond acceptors (Lipinski definition) is 6. The molecule has 0 spiro atoms. The van der Waals surface area contributed by atoms with Gasteiger partial charge in [-0.3, -0.25) is 9.88 Å². The number of aromatic nitrogens is 3. The van der Waals surface area contributed by atoms with Crippen molar-refractivity contribution in [1.29, 1.82) is 0 Å². The molecule has 2 aromatic heterocycles. The lowest BCUT2D eigenvalue weighted by Crippen LogP contribution is -2.31. The maximum absolute atomic E-state index is 9.28. The zero-order valence-electron chi connectivity index (χ0n) is 10.6. The van der Waals surface area contributed by atoms with E-state index in [1.807, 2.05) is 18.2 Å². The Balaban J connectivity index is 1.72. The summed E-state index contributed by atoms with van der Waals surface area (Å²) in [6, 6.07) is 5.80. The van der Waals surface area contributed by atoms with E-state index in [0.717, 1.165) is 19.4 Å². The van der Waals surface area contributed by atoms with Crippen LogP contribution in [0.25, 0.3) is 11.5 Å². The predicted octanol–water partition coefficient (Wildman–Crippen LogP) is 1.09. The van der Waals surface area contributed by atoms with E-state index in [2.05, 4.69) is 20.0 Å². The van der Waals surface area contributed by atoms with Gasteiger partial charge in [-0.2, -0.15) is 4.98 Å². The molecule has 6 nitrogen and oxygen atoms in total. The van der Waals surface area contributed by atoms with E-state index in [1.165, 1.54) is 0 Å². The fourth-order valence-corrected chi connectivity index (χ4v) is 2.40. The lowest BCUT2D eigenvalue weighted by atomic mass is 10.2. The third-order valence-electron chi connectivity index (χ3n) is 3.41. The molecule has 6 heteroatoms. The Morgan fingerprint density at radius 3 is 3.16 bits per heavy atom. The van der Waals surface area contributed by atoms with Crippen molar-refractivity contribution in [2.45, 2.75) is 25.4 Å². The quantitative estimate of drug-likeness (QED) is 0.886. The third kappa shape index (κ3) is 2.64. The fourth-order valence-electron chi connectivity index (χ4n) is 2.40. The Bertz CT molecular complexity index is 528. The number of aliphatic hydroxyl groups excluding tert-OH is 1. The lowest BCUT2D eigenvalue weighted by molar-refractivity contribution is 0.141. The smallest absolute Gasteiger partial charge is 0.241 e. The molecular formula is C13H16N4O2. The van der Waals surface area contributed by atoms with Gasteiger partial charge in [0.2, 0.25) is 11.7 Å². The van der Waals surface area contributed by atoms with E-state index in [0.29, 0.717) is 24.0 Å². The molecule has 1 unspecified atom stereocenters. The summed E-state index contributed by atoms with van der Waals surface area (Å²) < 4.78 is 5.25. The Morgan fingerprint density at radius 1 is 1.42 bits per heavy atom. The van der Waals surface area contributed by atoms with Gasteiger partial charge in [0.1, 0.15) is 5.69 Å². The van der Waals surface area contributed by atoms with Crippen LogP contribution in [0.1, 0.15) is 18.7 Å². The number of nitrogens with zero attached hydrogens (tertiary/aromatic N) is 4. The van der Waals surface area contributed by atoms with Crippen LogP contribution in [0.3, 0.4) is 0 Å². The highest BCUT2D eigenvalue weighted by Crippen LogP contribution is 2.20. The first kappa shape index (κ1) is 12.3. The second-order valence-corrected chi connectivity index (χ2v) is 4.68. The van der Waals surface area contributed by atoms with E-state index in [9.17, 15) is 5.11 Å². The molecule has 19 heavy (non-hydrogen) atoms. The van der Waals surface area contributed by atoms with Crippen LogP contribution in [0.4, 0.5) is 0 Å². The Hall–Kier alpha value is -1.79. The van der Waals surface area contributed by atoms with Crippen molar-refractivity contribution in [3.05, 3.63) is 30.3 Å². The molecule has 3 rings (SSSR count). The summed E-state index contributed by atoms with van der Waals surface area (Å²) in [6.45, 7) is 1.73. The summed E-state index contributed by atoms with van der Waals surface area (Å²) in [5.41, 5.74) is 0.706. The summed E-state index contributed by atoms with van der Waals surface area (Å²) >= 11 is 0. The highest BCUT2D eigenvalue weighted by molar-refractivity contribution is 5.46. The standard InChI is InChI=1S/C13H16N4O2/c18-9-10-4-3-7-17(10)8-12-15-13(16-19-12)11-5-1-2-6-14-11/h1-2,5-6,10,18H,3-4,7-9H2. The van der Waals surface area contributed by atoms with Crippen molar-refractivity contribution < 1.29 is 9.63 Å². The second-order valence-electron chi connectivity index (χ2n) is 4.68. The first-order valence-corrected chi connectivity index (χ1v) is 6.45. The molecule has 0 aliphatic carbocycles. The normalized spacial score (nSPS) is 19.9. The van der Waals surface area contributed by atoms with Crippen LogP contribution in [-0.4, -0.2) is 44.3 Å². The fraction of sp³-hybridized carbons (Fsp3) is 0.462. The maximum atomic E-state index is 9.28. The minimum absolute atomic E-state index is 0.182. The molecule has 1 N–H and O–H groups in total. The number of likely N-dealkylation sites (tertiary alicyclic amines) is 1. The van der Waals surface area contributed by atoms with Crippen molar-refractivity contribution in [3.63, 3.8) is 0 Å². The summed E-state index contributed by atoms with van der Waals surface area (Å²) in [5, 5.41) is 13.2. The highest BCUT2D eigenvalue weighted by atomic mass is 16.5. The molecule has 0 amide bonds. The molecule has 0 aromatic carbocycles. The van der Waals surface area contributed by atoms with Gasteiger partial charge in [0, 0.05) is 12.2 Å². The molecule has 3 heterocycles. The average molecular weight is 260 g/mol. The van der Waals surface area contributed by atoms with Gasteiger partial charge in [0.25, 0.3) is 0 Å². The van der Waals surface area contributed by atoms with Crippen LogP contribution in [0.5, 0.6) is 0 Å². The summed E-state index contributed by atoms with van der Waals surface area (Å²) in [6.07, 6.45) is 3.83. The first-order chi connectivity index (χ1) is 9.36. The molecule has 0 radical (unpaired) electrons. The molecule has 100 valence electrons. The van der Waals surface area contributed by atoms with Crippen LogP contribution < -0.4 is 0 Å². The maximum Gasteiger partial charge on any atom is 0.241 e. The number of rotatable bonds is 4. The summed E-state index contributed by atoms with van der Waals surface area (Å²) in [7, 11) is 0. The van der Waals surface area contributed by atoms with Crippen LogP contribution in [0.15, 0.2) is 28.9 Å². The lowest BCUT2D eigenvalue weighted by Gasteiger charge is -2.20. The SMILES string of the molecule is OCC1CCCN1Cc1nc(-c2ccccn2)no1. The van der Waals surface area contributed by atoms with Gasteiger partial charge >= 0.3 is 0 Å². The van der Waals surface area contributed by atoms with Crippen molar-refractivity contribution in [3.8, 4) is 11.5 Å². The van der Waals surface area contributed by atoms with Gasteiger partial charge in [-0.1, -0.05) is 11.2 Å². The monoisotopic (exact) mass is 260 g/mol. The Morgan fingerprint density at radius 2 is 2.37 bits per heavy atom. The predicted molar refractivity (Wildman–Crippen MR) is 68.0 cm³/mol. The van der Waals surface area contributed by atoms with Gasteiger partial charge in [0.15, 0.2) is 0 Å². The molecule has 1 atom stereocenters. The molecule has 1 aliphatic rings. The van der Waals surface area contributed by atoms with Gasteiger partial charge in [-0.15, -0.1) is 0 Å². The molecule has 0 bridgehead atoms. The van der Waals surface area contributed by atoms with Crippen molar-refractivity contribution in [2.75, 3.05) is 13.2 Å². The van der Waals surface area contributed by atoms with E-state index in [1.54, 1.807) is 6.20 Å². The average Bonchev–Trinajstić information content (AvgIpc) is 3.09. The molecule has 1 saturated heterocycles. The van der Waals surface area contributed by atoms with Gasteiger partial charge < -0.3 is 9.63 Å². The Labute approximate surface area is 111 Å². The number of pyridine rings is 1. The van der Waals surface area contributed by atoms with E-state index >= 15 is 0 Å². The topological polar surface area (TPSA) is 75.3 Å². The van der Waals surface area contributed by atoms with Gasteiger partial charge in [-0.25, -0.2) is 0 Å². The summed E-state index contributed by atoms with van der Waals surface area (Å²) in [4.78, 5) is 10.7. The molecule has 2 aromatic rings. The van der Waals surface area contributed by atoms with E-state index < -0.39 is 0 Å². The van der Waals surface area contributed by atoms with E-state index in [-0.39, 0.29) is 12.6 Å². The largest absolute Gasteiger partial charge is 0.395 e. The molecular weight excluding hydrogens is 244 g/mol. The van der Waals surface area contributed by atoms with Gasteiger partial charge in [-0.05, 0) is 31.5 Å². The van der Waals surface area contributed by atoms with Gasteiger partial charge in [0.05, 0.1) is 13.2 Å². The van der Waals surface area contributed by atoms with Crippen molar-refractivity contribution in [2.24, 2.45) is 0 Å². The zero-order valence-corrected chi connectivity index (χ0v) is 10.6. The van der Waals surface area contributed by atoms with Crippen molar-refractivity contribution in [1.82, 2.24) is 20.0 Å². The molecule has 1 fully saturated rings.